The van der Waals surface area contributed by atoms with E-state index in [9.17, 15) is 9.59 Å². The molecule has 1 aromatic rings. The normalized spacial score (nSPS) is 33.8. The van der Waals surface area contributed by atoms with Gasteiger partial charge in [-0.2, -0.15) is 0 Å². The minimum atomic E-state index is -0.473. The van der Waals surface area contributed by atoms with Gasteiger partial charge < -0.3 is 4.74 Å². The van der Waals surface area contributed by atoms with Gasteiger partial charge in [-0.25, -0.2) is 4.79 Å². The molecule has 126 valence electrons. The average Bonchev–Trinajstić information content (AvgIpc) is 2.57. The van der Waals surface area contributed by atoms with Crippen LogP contribution in [-0.4, -0.2) is 23.3 Å². The zero-order chi connectivity index (χ0) is 16.6. The second-order valence-corrected chi connectivity index (χ2v) is 7.82. The first kappa shape index (κ1) is 15.6. The van der Waals surface area contributed by atoms with Crippen molar-refractivity contribution in [3.8, 4) is 0 Å². The van der Waals surface area contributed by atoms with Crippen LogP contribution < -0.4 is 0 Å². The number of carbonyl (C=O) groups is 2. The molecule has 0 amide bonds. The molecule has 0 atom stereocenters. The third-order valence-electron chi connectivity index (χ3n) is 6.05. The van der Waals surface area contributed by atoms with Gasteiger partial charge in [-0.05, 0) is 74.5 Å². The molecule has 0 spiro atoms. The molecular weight excluding hydrogens is 302 g/mol. The molecule has 4 heteroatoms. The van der Waals surface area contributed by atoms with E-state index in [1.807, 2.05) is 18.2 Å². The van der Waals surface area contributed by atoms with E-state index >= 15 is 0 Å². The van der Waals surface area contributed by atoms with Gasteiger partial charge in [0.05, 0.1) is 5.69 Å². The van der Waals surface area contributed by atoms with Crippen LogP contribution in [0.2, 0.25) is 0 Å². The maximum absolute atomic E-state index is 12.8. The lowest BCUT2D eigenvalue weighted by Gasteiger charge is -2.55. The first-order valence-corrected chi connectivity index (χ1v) is 8.92. The van der Waals surface area contributed by atoms with E-state index in [1.54, 1.807) is 12.3 Å². The van der Waals surface area contributed by atoms with Crippen LogP contribution in [0.3, 0.4) is 0 Å². The van der Waals surface area contributed by atoms with Crippen molar-refractivity contribution in [3.63, 3.8) is 0 Å². The summed E-state index contributed by atoms with van der Waals surface area (Å²) in [6, 6.07) is 5.48. The van der Waals surface area contributed by atoms with Gasteiger partial charge in [0.15, 0.2) is 12.4 Å². The Labute approximate surface area is 142 Å². The molecule has 4 nitrogen and oxygen atoms in total. The number of rotatable bonds is 5. The number of Topliss-reactive ketones (excluding diaryl/α,β-unsaturated/α-hetero) is 1. The lowest BCUT2D eigenvalue weighted by atomic mass is 9.48. The van der Waals surface area contributed by atoms with E-state index < -0.39 is 5.97 Å². The average molecular weight is 325 g/mol. The molecule has 0 aromatic carbocycles. The second-order valence-electron chi connectivity index (χ2n) is 7.82. The number of hydrogen-bond acceptors (Lipinski definition) is 4. The van der Waals surface area contributed by atoms with Crippen molar-refractivity contribution in [2.75, 3.05) is 6.61 Å². The van der Waals surface area contributed by atoms with Crippen LogP contribution in [0.5, 0.6) is 0 Å². The van der Waals surface area contributed by atoms with Crippen LogP contribution >= 0.6 is 0 Å². The highest BCUT2D eigenvalue weighted by Gasteiger charge is 2.54. The molecule has 0 saturated heterocycles. The Morgan fingerprint density at radius 2 is 1.79 bits per heavy atom. The number of carbonyl (C=O) groups excluding carboxylic acids is 2. The van der Waals surface area contributed by atoms with Crippen molar-refractivity contribution >= 4 is 17.8 Å². The van der Waals surface area contributed by atoms with E-state index in [2.05, 4.69) is 4.98 Å². The summed E-state index contributed by atoms with van der Waals surface area (Å²) < 4.78 is 5.21. The Morgan fingerprint density at radius 3 is 2.38 bits per heavy atom. The van der Waals surface area contributed by atoms with Crippen LogP contribution in [0.1, 0.15) is 44.2 Å². The predicted molar refractivity (Wildman–Crippen MR) is 89.8 cm³/mol. The molecule has 0 aliphatic heterocycles. The van der Waals surface area contributed by atoms with E-state index in [1.165, 1.54) is 25.3 Å². The molecule has 5 rings (SSSR count). The molecule has 1 heterocycles. The van der Waals surface area contributed by atoms with Gasteiger partial charge in [-0.1, -0.05) is 6.07 Å². The second kappa shape index (κ2) is 6.15. The third-order valence-corrected chi connectivity index (χ3v) is 6.05. The van der Waals surface area contributed by atoms with E-state index in [4.69, 9.17) is 4.74 Å². The van der Waals surface area contributed by atoms with Crippen molar-refractivity contribution in [1.82, 2.24) is 4.98 Å². The standard InChI is InChI=1S/C20H23NO3/c22-18(13-24-19(23)5-4-17-3-1-2-6-21-17)20-10-14-7-15(11-20)9-16(8-14)12-20/h1-6,14-16H,7-13H2/b5-4+. The zero-order valence-electron chi connectivity index (χ0n) is 13.8. The van der Waals surface area contributed by atoms with E-state index in [-0.39, 0.29) is 17.8 Å². The number of esters is 1. The van der Waals surface area contributed by atoms with Crippen molar-refractivity contribution < 1.29 is 14.3 Å². The van der Waals surface area contributed by atoms with Gasteiger partial charge in [0.2, 0.25) is 0 Å². The number of ether oxygens (including phenoxy) is 1. The summed E-state index contributed by atoms with van der Waals surface area (Å²) in [6.07, 6.45) is 11.6. The highest BCUT2D eigenvalue weighted by atomic mass is 16.5. The van der Waals surface area contributed by atoms with E-state index in [0.717, 1.165) is 37.0 Å². The number of aromatic nitrogens is 1. The summed E-state index contributed by atoms with van der Waals surface area (Å²) in [7, 11) is 0. The fourth-order valence-corrected chi connectivity index (χ4v) is 5.42. The first-order valence-electron chi connectivity index (χ1n) is 8.92. The van der Waals surface area contributed by atoms with Crippen molar-refractivity contribution in [3.05, 3.63) is 36.2 Å². The summed E-state index contributed by atoms with van der Waals surface area (Å²) in [5, 5.41) is 0. The number of pyridine rings is 1. The topological polar surface area (TPSA) is 56.3 Å². The molecule has 4 fully saturated rings. The fourth-order valence-electron chi connectivity index (χ4n) is 5.42. The Balaban J connectivity index is 1.33. The predicted octanol–water partition coefficient (Wildman–Crippen LogP) is 3.42. The lowest BCUT2D eigenvalue weighted by molar-refractivity contribution is -0.155. The van der Waals surface area contributed by atoms with Gasteiger partial charge in [0.1, 0.15) is 0 Å². The van der Waals surface area contributed by atoms with Crippen LogP contribution in [0.25, 0.3) is 6.08 Å². The lowest BCUT2D eigenvalue weighted by Crippen LogP contribution is -2.51. The molecule has 4 aliphatic rings. The summed E-state index contributed by atoms with van der Waals surface area (Å²) in [5.41, 5.74) is 0.501. The third kappa shape index (κ3) is 3.02. The van der Waals surface area contributed by atoms with Crippen molar-refractivity contribution in [1.29, 1.82) is 0 Å². The van der Waals surface area contributed by atoms with Gasteiger partial charge >= 0.3 is 5.97 Å². The molecule has 0 N–H and O–H groups in total. The zero-order valence-corrected chi connectivity index (χ0v) is 13.8. The largest absolute Gasteiger partial charge is 0.455 e. The molecule has 4 bridgehead atoms. The monoisotopic (exact) mass is 325 g/mol. The van der Waals surface area contributed by atoms with Crippen LogP contribution in [-0.2, 0) is 14.3 Å². The molecule has 1 aromatic heterocycles. The fraction of sp³-hybridized carbons (Fsp3) is 0.550. The maximum atomic E-state index is 12.8. The molecular formula is C20H23NO3. The van der Waals surface area contributed by atoms with Gasteiger partial charge in [0.25, 0.3) is 0 Å². The minimum Gasteiger partial charge on any atom is -0.455 e. The smallest absolute Gasteiger partial charge is 0.331 e. The SMILES string of the molecule is O=C(/C=C/c1ccccn1)OCC(=O)C12CC3CC(CC(C3)C1)C2. The Kier molecular flexibility index (Phi) is 3.99. The molecule has 4 saturated carbocycles. The number of nitrogens with zero attached hydrogens (tertiary/aromatic N) is 1. The van der Waals surface area contributed by atoms with Gasteiger partial charge in [0, 0.05) is 17.7 Å². The molecule has 4 aliphatic carbocycles. The highest BCUT2D eigenvalue weighted by Crippen LogP contribution is 2.60. The Hall–Kier alpha value is -1.97. The molecule has 0 unspecified atom stereocenters. The maximum Gasteiger partial charge on any atom is 0.331 e. The van der Waals surface area contributed by atoms with Gasteiger partial charge in [-0.3, -0.25) is 9.78 Å². The van der Waals surface area contributed by atoms with E-state index in [0.29, 0.717) is 5.69 Å². The van der Waals surface area contributed by atoms with Crippen molar-refractivity contribution in [2.45, 2.75) is 38.5 Å². The van der Waals surface area contributed by atoms with Crippen molar-refractivity contribution in [2.24, 2.45) is 23.2 Å². The summed E-state index contributed by atoms with van der Waals surface area (Å²) in [5.74, 6) is 1.83. The summed E-state index contributed by atoms with van der Waals surface area (Å²) in [4.78, 5) is 28.7. The quantitative estimate of drug-likeness (QED) is 0.615. The first-order chi connectivity index (χ1) is 11.6. The molecule has 0 radical (unpaired) electrons. The van der Waals surface area contributed by atoms with Crippen LogP contribution in [0.15, 0.2) is 30.5 Å². The van der Waals surface area contributed by atoms with Gasteiger partial charge in [-0.15, -0.1) is 0 Å². The summed E-state index contributed by atoms with van der Waals surface area (Å²) >= 11 is 0. The van der Waals surface area contributed by atoms with Crippen LogP contribution in [0.4, 0.5) is 0 Å². The Bertz CT molecular complexity index is 629. The minimum absolute atomic E-state index is 0.0858. The number of ketones is 1. The number of hydrogen-bond donors (Lipinski definition) is 0. The molecule has 24 heavy (non-hydrogen) atoms. The van der Waals surface area contributed by atoms with Crippen LogP contribution in [0, 0.1) is 23.2 Å². The summed E-state index contributed by atoms with van der Waals surface area (Å²) in [6.45, 7) is -0.0858. The Morgan fingerprint density at radius 1 is 1.12 bits per heavy atom. The highest BCUT2D eigenvalue weighted by molar-refractivity contribution is 5.91.